The second kappa shape index (κ2) is 17.6. The third-order valence-electron chi connectivity index (χ3n) is 0. The quantitative estimate of drug-likeness (QED) is 0.285. The Balaban J connectivity index is -0.0000000178. The third-order valence-corrected chi connectivity index (χ3v) is 0. The Morgan fingerprint density at radius 2 is 0.571 bits per heavy atom. The first-order chi connectivity index (χ1) is 4.00. The molecule has 14 heteroatoms. The molecule has 0 aromatic rings. The van der Waals surface area contributed by atoms with Crippen LogP contribution in [0.2, 0.25) is 0 Å². The Labute approximate surface area is 180 Å². The van der Waals surface area contributed by atoms with Crippen LogP contribution in [-0.2, 0) is 9.13 Å². The van der Waals surface area contributed by atoms with E-state index in [0.29, 0.717) is 0 Å². The van der Waals surface area contributed by atoms with Gasteiger partial charge in [-0.3, -0.25) is 0 Å². The SMILES string of the molecule is O=P([O-])([O-])[O-].O=P([O-])([O-])[O-].[Ce+4].[Na+].[Na+].[Na+]. The van der Waals surface area contributed by atoms with Gasteiger partial charge in [0.2, 0.25) is 0 Å². The van der Waals surface area contributed by atoms with E-state index in [1.807, 2.05) is 0 Å². The van der Waals surface area contributed by atoms with Gasteiger partial charge in [0.05, 0.1) is 0 Å². The van der Waals surface area contributed by atoms with Crippen molar-refractivity contribution in [3.63, 3.8) is 0 Å². The zero-order valence-corrected chi connectivity index (χ0v) is 18.6. The van der Waals surface area contributed by atoms with E-state index in [4.69, 9.17) is 38.5 Å². The van der Waals surface area contributed by atoms with Gasteiger partial charge in [-0.05, 0) is 0 Å². The molecule has 0 aromatic heterocycles. The molecule has 14 heavy (non-hydrogen) atoms. The van der Waals surface area contributed by atoms with Gasteiger partial charge in [0.1, 0.15) is 0 Å². The second-order valence-corrected chi connectivity index (χ2v) is 2.68. The van der Waals surface area contributed by atoms with Gasteiger partial charge in [0.15, 0.2) is 0 Å². The summed E-state index contributed by atoms with van der Waals surface area (Å²) in [6.45, 7) is 0. The monoisotopic (exact) mass is 399 g/mol. The summed E-state index contributed by atoms with van der Waals surface area (Å²) >= 11 is 0. The molecule has 0 unspecified atom stereocenters. The summed E-state index contributed by atoms with van der Waals surface area (Å²) in [6, 6.07) is 0. The van der Waals surface area contributed by atoms with E-state index in [1.165, 1.54) is 0 Å². The second-order valence-electron chi connectivity index (χ2n) is 0.894. The van der Waals surface area contributed by atoms with Crippen LogP contribution in [-0.4, -0.2) is 0 Å². The minimum atomic E-state index is -5.39. The molecule has 0 saturated heterocycles. The molecule has 0 aliphatic heterocycles. The molecule has 0 heterocycles. The molecule has 0 aliphatic rings. The van der Waals surface area contributed by atoms with Crippen LogP contribution in [0.5, 0.6) is 0 Å². The number of hydrogen-bond acceptors (Lipinski definition) is 8. The van der Waals surface area contributed by atoms with Crippen molar-refractivity contribution in [1.82, 2.24) is 0 Å². The predicted octanol–water partition coefficient (Wildman–Crippen LogP) is -14.6. The van der Waals surface area contributed by atoms with Crippen molar-refractivity contribution in [3.05, 3.63) is 0 Å². The average Bonchev–Trinajstić information content (AvgIpc) is 1.12. The van der Waals surface area contributed by atoms with Crippen molar-refractivity contribution in [3.8, 4) is 0 Å². The van der Waals surface area contributed by atoms with Gasteiger partial charge >= 0.3 is 130 Å². The van der Waals surface area contributed by atoms with E-state index in [2.05, 4.69) is 0 Å². The number of phosphoric acid groups is 2. The molecule has 0 bridgehead atoms. The maximum absolute atomic E-state index is 8.55. The number of rotatable bonds is 0. The Morgan fingerprint density at radius 3 is 0.571 bits per heavy atom. The summed E-state index contributed by atoms with van der Waals surface area (Å²) in [6.07, 6.45) is 0. The van der Waals surface area contributed by atoms with Crippen molar-refractivity contribution in [1.29, 1.82) is 0 Å². The molecule has 0 aliphatic carbocycles. The summed E-state index contributed by atoms with van der Waals surface area (Å²) in [7, 11) is -10.8. The van der Waals surface area contributed by atoms with E-state index >= 15 is 0 Å². The molecule has 0 amide bonds. The minimum absolute atomic E-state index is 0. The zero-order valence-electron chi connectivity index (χ0n) is 7.66. The van der Waals surface area contributed by atoms with Gasteiger partial charge in [-0.2, -0.15) is 15.6 Å². The van der Waals surface area contributed by atoms with E-state index in [1.54, 1.807) is 0 Å². The van der Waals surface area contributed by atoms with Gasteiger partial charge in [-0.1, -0.05) is 0 Å². The molecule has 0 rings (SSSR count). The molecule has 0 fully saturated rings. The van der Waals surface area contributed by atoms with Crippen molar-refractivity contribution >= 4 is 15.6 Å². The van der Waals surface area contributed by atoms with Gasteiger partial charge in [0.25, 0.3) is 0 Å². The van der Waals surface area contributed by atoms with Gasteiger partial charge in [0, 0.05) is 0 Å². The fraction of sp³-hybridized carbons (Fsp3) is 0. The summed E-state index contributed by atoms with van der Waals surface area (Å²) in [5, 5.41) is 0. The topological polar surface area (TPSA) is 172 Å². The predicted molar refractivity (Wildman–Crippen MR) is 15.2 cm³/mol. The van der Waals surface area contributed by atoms with Gasteiger partial charge in [-0.15, -0.1) is 0 Å². The average molecular weight is 399 g/mol. The standard InChI is InChI=1S/Ce.3Na.2H3O4P/c;;;;2*1-5(2,3)4/h;;;;2*(H3,1,2,3,4)/q+4;3*+1;;/p-6. The molecule has 0 radical (unpaired) electrons. The molecule has 64 valence electrons. The molecular formula is CeNa3O8P2+. The van der Waals surface area contributed by atoms with Gasteiger partial charge < -0.3 is 38.5 Å². The molecule has 0 saturated carbocycles. The van der Waals surface area contributed by atoms with E-state index in [9.17, 15) is 0 Å². The van der Waals surface area contributed by atoms with Crippen molar-refractivity contribution < 1.29 is 169 Å². The fourth-order valence-corrected chi connectivity index (χ4v) is 0. The first kappa shape index (κ1) is 36.3. The largest absolute Gasteiger partial charge is 4.00 e. The maximum Gasteiger partial charge on any atom is 4.00 e. The van der Waals surface area contributed by atoms with Crippen molar-refractivity contribution in [2.75, 3.05) is 0 Å². The van der Waals surface area contributed by atoms with Crippen LogP contribution in [0.25, 0.3) is 0 Å². The van der Waals surface area contributed by atoms with Crippen LogP contribution in [0, 0.1) is 41.7 Å². The smallest absolute Gasteiger partial charge is 0.822 e. The summed E-state index contributed by atoms with van der Waals surface area (Å²) in [5.74, 6) is 0. The van der Waals surface area contributed by atoms with Gasteiger partial charge in [-0.25, -0.2) is 0 Å². The Morgan fingerprint density at radius 1 is 0.571 bits per heavy atom. The molecule has 0 spiro atoms. The van der Waals surface area contributed by atoms with Crippen LogP contribution in [0.1, 0.15) is 0 Å². The van der Waals surface area contributed by atoms with E-state index in [0.717, 1.165) is 0 Å². The van der Waals surface area contributed by atoms with Crippen LogP contribution in [0.15, 0.2) is 0 Å². The van der Waals surface area contributed by atoms with E-state index in [-0.39, 0.29) is 130 Å². The molecule has 8 nitrogen and oxygen atoms in total. The Hall–Kier alpha value is 4.60. The molecular weight excluding hydrogens is 399 g/mol. The minimum Gasteiger partial charge on any atom is -0.822 e. The number of hydrogen-bond donors (Lipinski definition) is 0. The van der Waals surface area contributed by atoms with Crippen LogP contribution in [0.3, 0.4) is 0 Å². The fourth-order valence-electron chi connectivity index (χ4n) is 0. The summed E-state index contributed by atoms with van der Waals surface area (Å²) in [4.78, 5) is 51.3. The molecule has 0 aromatic carbocycles. The zero-order chi connectivity index (χ0) is 9.00. The summed E-state index contributed by atoms with van der Waals surface area (Å²) < 4.78 is 17.1. The van der Waals surface area contributed by atoms with Crippen molar-refractivity contribution in [2.45, 2.75) is 0 Å². The normalized spacial score (nSPS) is 8.43. The maximum atomic E-state index is 8.55. The van der Waals surface area contributed by atoms with Crippen LogP contribution in [0.4, 0.5) is 0 Å². The first-order valence-electron chi connectivity index (χ1n) is 1.46. The molecule has 0 N–H and O–H groups in total. The van der Waals surface area contributed by atoms with Crippen LogP contribution >= 0.6 is 15.6 Å². The Bertz CT molecular complexity index is 135. The van der Waals surface area contributed by atoms with Crippen LogP contribution < -0.4 is 118 Å². The summed E-state index contributed by atoms with van der Waals surface area (Å²) in [5.41, 5.74) is 0. The van der Waals surface area contributed by atoms with E-state index < -0.39 is 15.6 Å². The Kier molecular flexibility index (Phi) is 45.6. The molecule has 0 atom stereocenters. The van der Waals surface area contributed by atoms with Crippen molar-refractivity contribution in [2.24, 2.45) is 0 Å². The third kappa shape index (κ3) is 191. The first-order valence-corrected chi connectivity index (χ1v) is 4.38.